The Labute approximate surface area is 187 Å². The summed E-state index contributed by atoms with van der Waals surface area (Å²) in [6.45, 7) is 2.10. The number of likely N-dealkylation sites (tertiary alicyclic amines) is 1. The van der Waals surface area contributed by atoms with Gasteiger partial charge in [-0.25, -0.2) is 0 Å². The Bertz CT molecular complexity index is 676. The molecule has 0 aromatic rings. The van der Waals surface area contributed by atoms with Crippen LogP contribution in [-0.4, -0.2) is 53.0 Å². The highest BCUT2D eigenvalue weighted by Gasteiger charge is 2.40. The number of amides is 2. The van der Waals surface area contributed by atoms with Crippen molar-refractivity contribution in [2.75, 3.05) is 18.9 Å². The van der Waals surface area contributed by atoms with Gasteiger partial charge in [0.25, 0.3) is 7.82 Å². The molecule has 0 aromatic carbocycles. The number of imide groups is 1. The van der Waals surface area contributed by atoms with Gasteiger partial charge in [-0.2, -0.15) is 0 Å². The van der Waals surface area contributed by atoms with Crippen molar-refractivity contribution in [3.05, 3.63) is 0 Å². The van der Waals surface area contributed by atoms with Crippen molar-refractivity contribution in [1.82, 2.24) is 4.90 Å². The van der Waals surface area contributed by atoms with E-state index in [1.165, 1.54) is 16.7 Å². The first-order valence-electron chi connectivity index (χ1n) is 13.7. The van der Waals surface area contributed by atoms with Crippen molar-refractivity contribution in [2.45, 2.75) is 70.0 Å². The van der Waals surface area contributed by atoms with Crippen LogP contribution in [0.5, 0.6) is 0 Å². The third kappa shape index (κ3) is 8.50. The van der Waals surface area contributed by atoms with Crippen LogP contribution < -0.4 is 4.89 Å². The number of carbonyl (C=O) groups excluding carboxylic acids is 3. The summed E-state index contributed by atoms with van der Waals surface area (Å²) in [7, 11) is -4.47. The third-order valence-electron chi connectivity index (χ3n) is 5.67. The van der Waals surface area contributed by atoms with Crippen molar-refractivity contribution >= 4 is 37.2 Å². The van der Waals surface area contributed by atoms with Gasteiger partial charge in [-0.3, -0.25) is 23.8 Å². The SMILES string of the molecule is [3H]OP(=O)([O-])OCCCCCCSC1CC(=O)N(CC2CCC(C(C)=O)CC2)C1=O.[3H][3H].[3H][3H].[3H][3H]. The molecule has 0 aromatic heterocycles. The third-order valence-corrected chi connectivity index (χ3v) is 7.47. The largest absolute Gasteiger partial charge is 0.756 e. The molecular formula is C19H37NO7PS-. The second kappa shape index (κ2) is 11.6. The Hall–Kier alpha value is -0.730. The number of unbranched alkanes of at least 4 members (excludes halogenated alkanes) is 3. The smallest absolute Gasteiger partial charge is 0.265 e. The highest BCUT2D eigenvalue weighted by Crippen LogP contribution is 2.33. The van der Waals surface area contributed by atoms with E-state index in [0.29, 0.717) is 18.9 Å². The zero-order valence-electron chi connectivity index (χ0n) is 23.9. The highest BCUT2D eigenvalue weighted by atomic mass is 32.2. The summed E-state index contributed by atoms with van der Waals surface area (Å²) in [5, 5.41) is -0.310. The van der Waals surface area contributed by atoms with Crippen LogP contribution in [0.15, 0.2) is 0 Å². The summed E-state index contributed by atoms with van der Waals surface area (Å²) in [6.07, 6.45) is 6.76. The average molecular weight is 469 g/mol. The lowest BCUT2D eigenvalue weighted by Crippen LogP contribution is -2.37. The van der Waals surface area contributed by atoms with Crippen LogP contribution in [0.3, 0.4) is 0 Å². The Kier molecular flexibility index (Phi) is 7.60. The molecule has 2 atom stereocenters. The van der Waals surface area contributed by atoms with E-state index in [2.05, 4.69) is 9.42 Å². The molecule has 8 nitrogen and oxygen atoms in total. The molecule has 10 heteroatoms. The molecule has 1 heterocycles. The van der Waals surface area contributed by atoms with E-state index in [9.17, 15) is 23.8 Å². The van der Waals surface area contributed by atoms with E-state index in [0.717, 1.165) is 50.7 Å². The van der Waals surface area contributed by atoms with Crippen molar-refractivity contribution in [3.63, 3.8) is 0 Å². The minimum Gasteiger partial charge on any atom is -0.756 e. The van der Waals surface area contributed by atoms with E-state index in [1.54, 1.807) is 6.92 Å². The van der Waals surface area contributed by atoms with Gasteiger partial charge < -0.3 is 14.3 Å². The highest BCUT2D eigenvalue weighted by molar-refractivity contribution is 8.00. The number of phosphoric ester groups is 1. The summed E-state index contributed by atoms with van der Waals surface area (Å²) in [5.74, 6) is 1.24. The monoisotopic (exact) mass is 468 g/mol. The Balaban J connectivity index is 0. The molecule has 2 unspecified atom stereocenters. The molecule has 1 aliphatic heterocycles. The number of ketones is 1. The second-order valence-corrected chi connectivity index (χ2v) is 10.4. The van der Waals surface area contributed by atoms with Crippen LogP contribution in [0.4, 0.5) is 0 Å². The van der Waals surface area contributed by atoms with Crippen LogP contribution in [0.25, 0.3) is 0 Å². The lowest BCUT2D eigenvalue weighted by atomic mass is 9.80. The topological polar surface area (TPSA) is 124 Å². The van der Waals surface area contributed by atoms with Gasteiger partial charge in [-0.1, -0.05) is 12.8 Å². The molecule has 29 heavy (non-hydrogen) atoms. The van der Waals surface area contributed by atoms with Crippen LogP contribution in [-0.2, 0) is 23.5 Å². The molecule has 2 aliphatic rings. The minimum atomic E-state index is -4.47. The number of thioether (sulfide) groups is 1. The predicted molar refractivity (Wildman–Crippen MR) is 114 cm³/mol. The maximum absolute atomic E-state index is 12.6. The first-order valence-corrected chi connectivity index (χ1v) is 12.8. The van der Waals surface area contributed by atoms with E-state index in [4.69, 9.17) is 10.3 Å². The number of phosphoric acid groups is 1. The van der Waals surface area contributed by atoms with Crippen LogP contribution >= 0.6 is 19.6 Å². The zero-order chi connectivity index (χ0) is 28.1. The van der Waals surface area contributed by atoms with Crippen LogP contribution in [0.1, 0.15) is 73.6 Å². The van der Waals surface area contributed by atoms with Gasteiger partial charge >= 0.3 is 0 Å². The summed E-state index contributed by atoms with van der Waals surface area (Å²) < 4.78 is 51.6. The summed E-state index contributed by atoms with van der Waals surface area (Å²) in [4.78, 5) is 52.2. The summed E-state index contributed by atoms with van der Waals surface area (Å²) >= 11 is 1.51. The predicted octanol–water partition coefficient (Wildman–Crippen LogP) is 3.02. The van der Waals surface area contributed by atoms with Gasteiger partial charge in [-0.05, 0) is 57.1 Å². The van der Waals surface area contributed by atoms with Crippen molar-refractivity contribution in [2.24, 2.45) is 11.8 Å². The Morgan fingerprint density at radius 3 is 2.69 bits per heavy atom. The molecule has 2 fully saturated rings. The molecule has 1 saturated carbocycles. The fourth-order valence-electron chi connectivity index (χ4n) is 3.94. The zero-order valence-corrected chi connectivity index (χ0v) is 18.6. The van der Waals surface area contributed by atoms with E-state index >= 15 is 0 Å². The maximum atomic E-state index is 12.6. The van der Waals surface area contributed by atoms with Crippen LogP contribution in [0.2, 0.25) is 0 Å². The summed E-state index contributed by atoms with van der Waals surface area (Å²) in [5.41, 5.74) is 0. The maximum Gasteiger partial charge on any atom is 0.265 e. The van der Waals surface area contributed by atoms with E-state index < -0.39 is 7.82 Å². The quantitative estimate of drug-likeness (QED) is 0.248. The fourth-order valence-corrected chi connectivity index (χ4v) is 5.48. The number of rotatable bonds is 13. The van der Waals surface area contributed by atoms with E-state index in [-0.39, 0.29) is 41.8 Å². The first-order chi connectivity index (χ1) is 17.2. The lowest BCUT2D eigenvalue weighted by molar-refractivity contribution is -0.219. The molecule has 2 rings (SSSR count). The van der Waals surface area contributed by atoms with Crippen LogP contribution in [0, 0.1) is 11.8 Å². The molecule has 1 N–H and O–H groups in total. The first kappa shape index (κ1) is 19.0. The molecule has 1 saturated heterocycles. The number of carbonyl (C=O) groups is 3. The standard InChI is InChI=1S/C19H32NO7PS.3H2/c1-14(21)16-8-6-15(7-9-16)13-20-18(22)12-17(19(20)23)29-11-5-3-2-4-10-27-28(24,25)26;;;/h15-17H,2-13H2,1H3,(H2,24,25,26);3*1H/p-1/i;3*1+2T/hT. The van der Waals surface area contributed by atoms with Crippen molar-refractivity contribution < 1.29 is 42.2 Å². The van der Waals surface area contributed by atoms with Gasteiger partial charge in [0.2, 0.25) is 13.2 Å². The minimum absolute atomic E-state index is 0.00823. The molecular weight excluding hydrogens is 417 g/mol. The van der Waals surface area contributed by atoms with Gasteiger partial charge in [0.15, 0.2) is 0 Å². The molecule has 1 aliphatic carbocycles. The normalized spacial score (nSPS) is 28.6. The fraction of sp³-hybridized carbons (Fsp3) is 0.842. The number of nitrogens with zero attached hydrogens (tertiary/aromatic N) is 1. The molecule has 2 amide bonds. The second-order valence-electron chi connectivity index (χ2n) is 7.93. The van der Waals surface area contributed by atoms with Crippen molar-refractivity contribution in [1.29, 1.82) is 1.43 Å². The summed E-state index contributed by atoms with van der Waals surface area (Å²) in [6, 6.07) is 0. The average Bonchev–Trinajstić information content (AvgIpc) is 3.17. The number of hydrogen-bond donors (Lipinski definition) is 1. The number of hydrogen-bond acceptors (Lipinski definition) is 8. The van der Waals surface area contributed by atoms with E-state index in [1.807, 2.05) is 0 Å². The van der Waals surface area contributed by atoms with Gasteiger partial charge in [-0.15, -0.1) is 11.8 Å². The lowest BCUT2D eigenvalue weighted by Gasteiger charge is -2.29. The molecule has 0 spiro atoms. The molecule has 0 bridgehead atoms. The molecule has 172 valence electrons. The van der Waals surface area contributed by atoms with Gasteiger partial charge in [0.05, 0.1) is 11.9 Å². The van der Waals surface area contributed by atoms with Gasteiger partial charge in [0, 0.05) is 27.8 Å². The number of Topliss-reactive ketones (excluding diaryl/α,β-unsaturated/α-hetero) is 1. The van der Waals surface area contributed by atoms with Gasteiger partial charge in [0.1, 0.15) is 5.78 Å². The molecule has 0 radical (unpaired) electrons. The Morgan fingerprint density at radius 1 is 1.34 bits per heavy atom. The van der Waals surface area contributed by atoms with Crippen molar-refractivity contribution in [3.8, 4) is 0 Å². The Morgan fingerprint density at radius 2 is 2.03 bits per heavy atom.